The van der Waals surface area contributed by atoms with Gasteiger partial charge in [0.1, 0.15) is 6.54 Å². The van der Waals surface area contributed by atoms with Crippen molar-refractivity contribution in [2.45, 2.75) is 32.4 Å². The van der Waals surface area contributed by atoms with Gasteiger partial charge in [0.15, 0.2) is 0 Å². The first-order chi connectivity index (χ1) is 8.02. The van der Waals surface area contributed by atoms with Gasteiger partial charge in [-0.25, -0.2) is 0 Å². The Morgan fingerprint density at radius 1 is 1.59 bits per heavy atom. The first-order valence-corrected chi connectivity index (χ1v) is 5.40. The molecule has 1 heterocycles. The highest BCUT2D eigenvalue weighted by Gasteiger charge is 2.13. The van der Waals surface area contributed by atoms with E-state index in [1.807, 2.05) is 6.92 Å². The topological polar surface area (TPSA) is 116 Å². The van der Waals surface area contributed by atoms with E-state index in [0.717, 1.165) is 6.42 Å². The zero-order chi connectivity index (χ0) is 12.8. The Hall–Kier alpha value is -1.89. The van der Waals surface area contributed by atoms with E-state index in [2.05, 4.69) is 10.4 Å². The number of aromatic nitrogens is 2. The highest BCUT2D eigenvalue weighted by molar-refractivity contribution is 5.94. The van der Waals surface area contributed by atoms with E-state index >= 15 is 0 Å². The van der Waals surface area contributed by atoms with Gasteiger partial charge in [-0.05, 0) is 6.42 Å². The molecule has 1 atom stereocenters. The summed E-state index contributed by atoms with van der Waals surface area (Å²) in [4.78, 5) is 22.2. The van der Waals surface area contributed by atoms with Crippen molar-refractivity contribution in [1.29, 1.82) is 0 Å². The zero-order valence-electron chi connectivity index (χ0n) is 9.72. The Balaban J connectivity index is 2.54. The Bertz CT molecular complexity index is 401. The van der Waals surface area contributed by atoms with E-state index in [1.54, 1.807) is 0 Å². The van der Waals surface area contributed by atoms with Crippen molar-refractivity contribution in [1.82, 2.24) is 9.78 Å². The van der Waals surface area contributed by atoms with Gasteiger partial charge in [0, 0.05) is 6.20 Å². The Labute approximate surface area is 99.1 Å². The maximum absolute atomic E-state index is 11.6. The molecule has 7 nitrogen and oxygen atoms in total. The van der Waals surface area contributed by atoms with Crippen LogP contribution in [0, 0.1) is 0 Å². The predicted octanol–water partition coefficient (Wildman–Crippen LogP) is -0.566. The van der Waals surface area contributed by atoms with Crippen LogP contribution in [0.2, 0.25) is 0 Å². The quantitative estimate of drug-likeness (QED) is 0.616. The van der Waals surface area contributed by atoms with Crippen LogP contribution in [-0.2, 0) is 16.1 Å². The molecular formula is C10H17N5O2. The number of amides is 2. The lowest BCUT2D eigenvalue weighted by Crippen LogP contribution is -2.35. The van der Waals surface area contributed by atoms with Crippen LogP contribution < -0.4 is 16.8 Å². The predicted molar refractivity (Wildman–Crippen MR) is 62.9 cm³/mol. The first-order valence-electron chi connectivity index (χ1n) is 5.40. The van der Waals surface area contributed by atoms with Gasteiger partial charge < -0.3 is 16.8 Å². The number of hydrogen-bond donors (Lipinski definition) is 3. The van der Waals surface area contributed by atoms with Gasteiger partial charge in [0.05, 0.1) is 17.9 Å². The standard InChI is InChI=1S/C10H17N5O2/c1-2-3-8(11)10(17)14-7-4-13-15(5-7)6-9(12)16/h4-5,8H,2-3,6,11H2,1H3,(H2,12,16)(H,14,17)/t8-/m1/s1. The molecule has 0 saturated heterocycles. The maximum atomic E-state index is 11.6. The van der Waals surface area contributed by atoms with Crippen molar-refractivity contribution in [3.8, 4) is 0 Å². The third kappa shape index (κ3) is 4.23. The van der Waals surface area contributed by atoms with E-state index in [4.69, 9.17) is 11.5 Å². The average molecular weight is 239 g/mol. The maximum Gasteiger partial charge on any atom is 0.241 e. The molecule has 0 aromatic carbocycles. The van der Waals surface area contributed by atoms with Gasteiger partial charge in [0.25, 0.3) is 0 Å². The van der Waals surface area contributed by atoms with Gasteiger partial charge in [-0.2, -0.15) is 5.10 Å². The smallest absolute Gasteiger partial charge is 0.241 e. The summed E-state index contributed by atoms with van der Waals surface area (Å²) in [6, 6.07) is -0.528. The fraction of sp³-hybridized carbons (Fsp3) is 0.500. The summed E-state index contributed by atoms with van der Waals surface area (Å²) < 4.78 is 1.35. The molecule has 0 saturated carbocycles. The van der Waals surface area contributed by atoms with Crippen molar-refractivity contribution in [2.75, 3.05) is 5.32 Å². The summed E-state index contributed by atoms with van der Waals surface area (Å²) in [5.74, 6) is -0.751. The molecule has 0 spiro atoms. The molecule has 1 aromatic rings. The summed E-state index contributed by atoms with van der Waals surface area (Å²) in [7, 11) is 0. The van der Waals surface area contributed by atoms with Crippen LogP contribution in [0.25, 0.3) is 0 Å². The number of carbonyl (C=O) groups is 2. The fourth-order valence-electron chi connectivity index (χ4n) is 1.35. The summed E-state index contributed by atoms with van der Waals surface area (Å²) in [6.07, 6.45) is 4.44. The Morgan fingerprint density at radius 2 is 2.29 bits per heavy atom. The van der Waals surface area contributed by atoms with Crippen LogP contribution in [-0.4, -0.2) is 27.6 Å². The van der Waals surface area contributed by atoms with Gasteiger partial charge >= 0.3 is 0 Å². The average Bonchev–Trinajstić information content (AvgIpc) is 2.64. The zero-order valence-corrected chi connectivity index (χ0v) is 9.72. The van der Waals surface area contributed by atoms with Crippen LogP contribution in [0.15, 0.2) is 12.4 Å². The lowest BCUT2D eigenvalue weighted by Gasteiger charge is -2.09. The Morgan fingerprint density at radius 3 is 2.88 bits per heavy atom. The molecule has 0 bridgehead atoms. The molecule has 5 N–H and O–H groups in total. The minimum absolute atomic E-state index is 0.0170. The van der Waals surface area contributed by atoms with E-state index in [-0.39, 0.29) is 12.5 Å². The van der Waals surface area contributed by atoms with E-state index in [1.165, 1.54) is 17.1 Å². The molecule has 0 aliphatic rings. The molecule has 0 aliphatic heterocycles. The van der Waals surface area contributed by atoms with Crippen LogP contribution >= 0.6 is 0 Å². The molecule has 17 heavy (non-hydrogen) atoms. The number of nitrogens with two attached hydrogens (primary N) is 2. The van der Waals surface area contributed by atoms with Gasteiger partial charge in [-0.1, -0.05) is 13.3 Å². The molecule has 0 fully saturated rings. The molecule has 2 amide bonds. The van der Waals surface area contributed by atoms with Crippen LogP contribution in [0.4, 0.5) is 5.69 Å². The second-order valence-corrected chi connectivity index (χ2v) is 3.78. The van der Waals surface area contributed by atoms with Gasteiger partial charge in [-0.15, -0.1) is 0 Å². The lowest BCUT2D eigenvalue weighted by molar-refractivity contribution is -0.119. The normalized spacial score (nSPS) is 12.1. The second-order valence-electron chi connectivity index (χ2n) is 3.78. The summed E-state index contributed by atoms with van der Waals surface area (Å²) in [5.41, 5.74) is 11.2. The number of anilines is 1. The van der Waals surface area contributed by atoms with Crippen LogP contribution in [0.5, 0.6) is 0 Å². The van der Waals surface area contributed by atoms with Crippen molar-refractivity contribution in [3.63, 3.8) is 0 Å². The van der Waals surface area contributed by atoms with Crippen molar-refractivity contribution in [3.05, 3.63) is 12.4 Å². The number of carbonyl (C=O) groups excluding carboxylic acids is 2. The van der Waals surface area contributed by atoms with Gasteiger partial charge in [0.2, 0.25) is 11.8 Å². The number of hydrogen-bond acceptors (Lipinski definition) is 4. The highest BCUT2D eigenvalue weighted by atomic mass is 16.2. The number of nitrogens with zero attached hydrogens (tertiary/aromatic N) is 2. The largest absolute Gasteiger partial charge is 0.368 e. The van der Waals surface area contributed by atoms with Crippen molar-refractivity contribution >= 4 is 17.5 Å². The fourth-order valence-corrected chi connectivity index (χ4v) is 1.35. The first kappa shape index (κ1) is 13.2. The molecule has 0 radical (unpaired) electrons. The van der Waals surface area contributed by atoms with E-state index in [0.29, 0.717) is 12.1 Å². The van der Waals surface area contributed by atoms with Crippen molar-refractivity contribution in [2.24, 2.45) is 11.5 Å². The minimum atomic E-state index is -0.528. The minimum Gasteiger partial charge on any atom is -0.368 e. The number of primary amides is 1. The highest BCUT2D eigenvalue weighted by Crippen LogP contribution is 2.06. The third-order valence-electron chi connectivity index (χ3n) is 2.16. The lowest BCUT2D eigenvalue weighted by atomic mass is 10.2. The summed E-state index contributed by atoms with van der Waals surface area (Å²) in [6.45, 7) is 1.94. The molecule has 0 unspecified atom stereocenters. The third-order valence-corrected chi connectivity index (χ3v) is 2.16. The van der Waals surface area contributed by atoms with E-state index in [9.17, 15) is 9.59 Å². The molecule has 1 rings (SSSR count). The number of nitrogens with one attached hydrogen (secondary N) is 1. The molecule has 7 heteroatoms. The molecule has 1 aromatic heterocycles. The Kier molecular flexibility index (Phi) is 4.65. The van der Waals surface area contributed by atoms with Crippen LogP contribution in [0.3, 0.4) is 0 Å². The SMILES string of the molecule is CCC[C@@H](N)C(=O)Nc1cnn(CC(N)=O)c1. The van der Waals surface area contributed by atoms with E-state index < -0.39 is 11.9 Å². The monoisotopic (exact) mass is 239 g/mol. The van der Waals surface area contributed by atoms with Gasteiger partial charge in [-0.3, -0.25) is 14.3 Å². The summed E-state index contributed by atoms with van der Waals surface area (Å²) in [5, 5.41) is 6.50. The summed E-state index contributed by atoms with van der Waals surface area (Å²) >= 11 is 0. The molecular weight excluding hydrogens is 222 g/mol. The molecule has 0 aliphatic carbocycles. The number of rotatable bonds is 6. The van der Waals surface area contributed by atoms with Crippen molar-refractivity contribution < 1.29 is 9.59 Å². The van der Waals surface area contributed by atoms with Crippen LogP contribution in [0.1, 0.15) is 19.8 Å². The molecule has 94 valence electrons. The second kappa shape index (κ2) is 6.00.